The van der Waals surface area contributed by atoms with Gasteiger partial charge in [0, 0.05) is 0 Å². The van der Waals surface area contributed by atoms with E-state index in [1.165, 1.54) is 5.57 Å². The molecule has 0 amide bonds. The molecule has 1 aromatic carbocycles. The van der Waals surface area contributed by atoms with Gasteiger partial charge in [-0.3, -0.25) is 0 Å². The van der Waals surface area contributed by atoms with Gasteiger partial charge in [-0.15, -0.1) is 0 Å². The van der Waals surface area contributed by atoms with Gasteiger partial charge in [-0.25, -0.2) is 15.0 Å². The average Bonchev–Trinajstić information content (AvgIpc) is 3.22. The van der Waals surface area contributed by atoms with Crippen molar-refractivity contribution in [2.45, 2.75) is 38.3 Å². The molecular formula is C21H22N4O3. The zero-order valence-electron chi connectivity index (χ0n) is 15.7. The molecule has 3 heterocycles. The maximum absolute atomic E-state index is 10.4. The molecule has 1 aliphatic carbocycles. The minimum atomic E-state index is -1.04. The Labute approximate surface area is 163 Å². The molecule has 3 aliphatic heterocycles. The van der Waals surface area contributed by atoms with Crippen LogP contribution in [0.3, 0.4) is 0 Å². The van der Waals surface area contributed by atoms with Crippen LogP contribution >= 0.6 is 0 Å². The van der Waals surface area contributed by atoms with Crippen LogP contribution in [0.4, 0.5) is 5.69 Å². The molecule has 0 aromatic heterocycles. The van der Waals surface area contributed by atoms with Crippen molar-refractivity contribution in [1.82, 2.24) is 0 Å². The number of aliphatic imine (C=N–C) groups is 2. The number of hydrogen-bond donors (Lipinski definition) is 2. The van der Waals surface area contributed by atoms with Gasteiger partial charge in [0.25, 0.3) is 0 Å². The highest BCUT2D eigenvalue weighted by Crippen LogP contribution is 2.33. The highest BCUT2D eigenvalue weighted by Gasteiger charge is 2.47. The van der Waals surface area contributed by atoms with E-state index in [9.17, 15) is 10.2 Å². The quantitative estimate of drug-likeness (QED) is 0.819. The summed E-state index contributed by atoms with van der Waals surface area (Å²) in [6, 6.07) is 9.75. The number of fused-ring (bicyclic) bond motifs is 2. The van der Waals surface area contributed by atoms with E-state index in [1.54, 1.807) is 5.01 Å². The number of rotatable bonds is 2. The topological polar surface area (TPSA) is 90.0 Å². The lowest BCUT2D eigenvalue weighted by molar-refractivity contribution is 0.0476. The molecular weight excluding hydrogens is 356 g/mol. The van der Waals surface area contributed by atoms with Crippen molar-refractivity contribution in [3.05, 3.63) is 53.8 Å². The molecule has 4 aliphatic rings. The molecule has 0 saturated carbocycles. The molecule has 5 rings (SSSR count). The van der Waals surface area contributed by atoms with Gasteiger partial charge in [0.05, 0.1) is 23.7 Å². The standard InChI is InChI=1S/C21H22N4O3/c1-11-8-14-15(9-12(11)2)23-21-18(22-14)17(20-19(27)16(26)10-28-20)24-25(21)13-6-4-3-5-7-13/h3-9,11,16,19-21,26-27H,10H2,1-2H3. The Bertz CT molecular complexity index is 963. The Kier molecular flexibility index (Phi) is 4.04. The second kappa shape index (κ2) is 6.48. The lowest BCUT2D eigenvalue weighted by atomic mass is 9.92. The number of allylic oxidation sites excluding steroid dienone is 3. The van der Waals surface area contributed by atoms with Gasteiger partial charge in [-0.1, -0.05) is 30.7 Å². The van der Waals surface area contributed by atoms with Crippen LogP contribution in [0.2, 0.25) is 0 Å². The summed E-state index contributed by atoms with van der Waals surface area (Å²) in [5.74, 6) is 0.289. The molecule has 0 spiro atoms. The summed E-state index contributed by atoms with van der Waals surface area (Å²) >= 11 is 0. The first-order valence-corrected chi connectivity index (χ1v) is 9.50. The maximum Gasteiger partial charge on any atom is 0.187 e. The lowest BCUT2D eigenvalue weighted by Crippen LogP contribution is -2.42. The third-order valence-electron chi connectivity index (χ3n) is 5.65. The zero-order chi connectivity index (χ0) is 19.4. The van der Waals surface area contributed by atoms with Crippen LogP contribution in [0.1, 0.15) is 13.8 Å². The summed E-state index contributed by atoms with van der Waals surface area (Å²) in [6.07, 6.45) is 1.06. The number of hydrazone groups is 1. The number of aliphatic hydroxyl groups excluding tert-OH is 2. The first kappa shape index (κ1) is 17.5. The molecule has 5 unspecified atom stereocenters. The van der Waals surface area contributed by atoms with Crippen molar-refractivity contribution in [1.29, 1.82) is 0 Å². The number of ether oxygens (including phenoxy) is 1. The van der Waals surface area contributed by atoms with E-state index in [1.807, 2.05) is 30.3 Å². The molecule has 1 fully saturated rings. The van der Waals surface area contributed by atoms with Crippen LogP contribution in [0, 0.1) is 5.92 Å². The zero-order valence-corrected chi connectivity index (χ0v) is 15.7. The number of nitrogens with zero attached hydrogens (tertiary/aromatic N) is 4. The van der Waals surface area contributed by atoms with E-state index in [4.69, 9.17) is 19.8 Å². The van der Waals surface area contributed by atoms with E-state index < -0.39 is 24.5 Å². The van der Waals surface area contributed by atoms with Crippen molar-refractivity contribution < 1.29 is 14.9 Å². The van der Waals surface area contributed by atoms with E-state index in [-0.39, 0.29) is 12.5 Å². The number of hydrogen-bond acceptors (Lipinski definition) is 7. The summed E-state index contributed by atoms with van der Waals surface area (Å²) < 4.78 is 5.65. The smallest absolute Gasteiger partial charge is 0.187 e. The second-order valence-electron chi connectivity index (χ2n) is 7.59. The average molecular weight is 378 g/mol. The van der Waals surface area contributed by atoms with Crippen LogP contribution in [-0.4, -0.2) is 58.4 Å². The molecule has 7 nitrogen and oxygen atoms in total. The fourth-order valence-corrected chi connectivity index (χ4v) is 3.86. The molecule has 0 radical (unpaired) electrons. The Morgan fingerprint density at radius 3 is 2.64 bits per heavy atom. The number of benzene rings is 1. The Morgan fingerprint density at radius 2 is 1.93 bits per heavy atom. The minimum Gasteiger partial charge on any atom is -0.388 e. The third-order valence-corrected chi connectivity index (χ3v) is 5.65. The van der Waals surface area contributed by atoms with Crippen LogP contribution in [0.5, 0.6) is 0 Å². The predicted molar refractivity (Wildman–Crippen MR) is 108 cm³/mol. The maximum atomic E-state index is 10.4. The SMILES string of the molecule is CC1=CC2=NC3C(=NC2=CC1C)C(C1OCC(O)C1O)=NN3c1ccccc1. The summed E-state index contributed by atoms with van der Waals surface area (Å²) in [7, 11) is 0. The fourth-order valence-electron chi connectivity index (χ4n) is 3.86. The summed E-state index contributed by atoms with van der Waals surface area (Å²) in [5, 5.41) is 26.9. The van der Waals surface area contributed by atoms with Gasteiger partial charge in [-0.2, -0.15) is 5.10 Å². The highest BCUT2D eigenvalue weighted by molar-refractivity contribution is 6.49. The van der Waals surface area contributed by atoms with Crippen LogP contribution in [-0.2, 0) is 4.74 Å². The van der Waals surface area contributed by atoms with E-state index in [2.05, 4.69) is 26.0 Å². The summed E-state index contributed by atoms with van der Waals surface area (Å²) in [6.45, 7) is 4.29. The molecule has 7 heteroatoms. The first-order chi connectivity index (χ1) is 13.5. The first-order valence-electron chi connectivity index (χ1n) is 9.50. The van der Waals surface area contributed by atoms with Crippen molar-refractivity contribution in [2.75, 3.05) is 11.6 Å². The van der Waals surface area contributed by atoms with Gasteiger partial charge >= 0.3 is 0 Å². The van der Waals surface area contributed by atoms with Gasteiger partial charge in [0.15, 0.2) is 6.17 Å². The van der Waals surface area contributed by atoms with Crippen LogP contribution in [0.15, 0.2) is 68.8 Å². The lowest BCUT2D eigenvalue weighted by Gasteiger charge is -2.27. The Balaban J connectivity index is 1.61. The van der Waals surface area contributed by atoms with Crippen molar-refractivity contribution in [3.8, 4) is 0 Å². The Morgan fingerprint density at radius 1 is 1.14 bits per heavy atom. The molecule has 2 N–H and O–H groups in total. The van der Waals surface area contributed by atoms with Crippen LogP contribution in [0.25, 0.3) is 0 Å². The monoisotopic (exact) mass is 378 g/mol. The molecule has 5 atom stereocenters. The van der Waals surface area contributed by atoms with Gasteiger partial charge < -0.3 is 14.9 Å². The number of aliphatic hydroxyl groups is 2. The van der Waals surface area contributed by atoms with E-state index in [0.29, 0.717) is 11.4 Å². The van der Waals surface area contributed by atoms with Crippen molar-refractivity contribution in [2.24, 2.45) is 21.0 Å². The summed E-state index contributed by atoms with van der Waals surface area (Å²) in [5.41, 5.74) is 4.97. The Hall–Kier alpha value is -2.61. The number of para-hydroxylation sites is 1. The summed E-state index contributed by atoms with van der Waals surface area (Å²) in [4.78, 5) is 9.80. The van der Waals surface area contributed by atoms with E-state index in [0.717, 1.165) is 17.1 Å². The van der Waals surface area contributed by atoms with E-state index >= 15 is 0 Å². The fraction of sp³-hybridized carbons (Fsp3) is 0.381. The predicted octanol–water partition coefficient (Wildman–Crippen LogP) is 1.68. The number of anilines is 1. The van der Waals surface area contributed by atoms with Gasteiger partial charge in [0.1, 0.15) is 29.7 Å². The minimum absolute atomic E-state index is 0.0737. The second-order valence-corrected chi connectivity index (χ2v) is 7.59. The molecule has 1 saturated heterocycles. The molecule has 0 bridgehead atoms. The molecule has 28 heavy (non-hydrogen) atoms. The van der Waals surface area contributed by atoms with Crippen LogP contribution < -0.4 is 5.01 Å². The third kappa shape index (κ3) is 2.66. The highest BCUT2D eigenvalue weighted by atomic mass is 16.5. The normalized spacial score (nSPS) is 34.1. The van der Waals surface area contributed by atoms with Crippen molar-refractivity contribution >= 4 is 22.8 Å². The van der Waals surface area contributed by atoms with Crippen molar-refractivity contribution in [3.63, 3.8) is 0 Å². The molecule has 144 valence electrons. The largest absolute Gasteiger partial charge is 0.388 e. The molecule has 1 aromatic rings. The van der Waals surface area contributed by atoms with Gasteiger partial charge in [-0.05, 0) is 37.1 Å². The van der Waals surface area contributed by atoms with Gasteiger partial charge in [0.2, 0.25) is 0 Å².